The average molecular weight is 208 g/mol. The van der Waals surface area contributed by atoms with Crippen LogP contribution in [0.3, 0.4) is 0 Å². The first kappa shape index (κ1) is 9.87. The lowest BCUT2D eigenvalue weighted by molar-refractivity contribution is 0.511. The maximum absolute atomic E-state index is 12.8. The summed E-state index contributed by atoms with van der Waals surface area (Å²) in [7, 11) is -4.07. The molecule has 4 nitrogen and oxygen atoms in total. The van der Waals surface area contributed by atoms with Crippen LogP contribution in [0.4, 0.5) is 14.5 Å². The van der Waals surface area contributed by atoms with Crippen molar-refractivity contribution < 1.29 is 17.2 Å². The number of hydrogen-bond acceptors (Lipinski definition) is 2. The first-order valence-electron chi connectivity index (χ1n) is 3.15. The Morgan fingerprint density at radius 3 is 2.46 bits per heavy atom. The molecule has 72 valence electrons. The quantitative estimate of drug-likeness (QED) is 0.746. The summed E-state index contributed by atoms with van der Waals surface area (Å²) in [6.07, 6.45) is 0. The molecule has 1 rings (SSSR count). The number of anilines is 1. The fraction of sp³-hybridized carbons (Fsp3) is 0. The Labute approximate surface area is 73.5 Å². The topological polar surface area (TPSA) is 72.2 Å². The van der Waals surface area contributed by atoms with Crippen molar-refractivity contribution in [1.82, 2.24) is 0 Å². The van der Waals surface area contributed by atoms with Crippen molar-refractivity contribution in [2.75, 3.05) is 4.72 Å². The van der Waals surface area contributed by atoms with Crippen LogP contribution in [0.25, 0.3) is 0 Å². The summed E-state index contributed by atoms with van der Waals surface area (Å²) in [4.78, 5) is 0. The van der Waals surface area contributed by atoms with Gasteiger partial charge in [-0.15, -0.1) is 0 Å². The van der Waals surface area contributed by atoms with Crippen LogP contribution >= 0.6 is 0 Å². The largest absolute Gasteiger partial charge is 0.296 e. The molecule has 0 fully saturated rings. The second kappa shape index (κ2) is 3.27. The Bertz CT molecular complexity index is 419. The highest BCUT2D eigenvalue weighted by molar-refractivity contribution is 7.90. The first-order chi connectivity index (χ1) is 5.90. The van der Waals surface area contributed by atoms with Gasteiger partial charge < -0.3 is 0 Å². The van der Waals surface area contributed by atoms with Gasteiger partial charge in [0.1, 0.15) is 0 Å². The van der Waals surface area contributed by atoms with Crippen LogP contribution in [0.5, 0.6) is 0 Å². The van der Waals surface area contributed by atoms with Gasteiger partial charge >= 0.3 is 0 Å². The molecule has 7 heteroatoms. The van der Waals surface area contributed by atoms with Gasteiger partial charge in [-0.2, -0.15) is 8.42 Å². The summed E-state index contributed by atoms with van der Waals surface area (Å²) in [6, 6.07) is 3.08. The predicted molar refractivity (Wildman–Crippen MR) is 43.1 cm³/mol. The van der Waals surface area contributed by atoms with E-state index in [0.717, 1.165) is 18.2 Å². The molecule has 0 bridgehead atoms. The fourth-order valence-corrected chi connectivity index (χ4v) is 1.20. The van der Waals surface area contributed by atoms with Crippen molar-refractivity contribution in [2.45, 2.75) is 0 Å². The van der Waals surface area contributed by atoms with Crippen molar-refractivity contribution in [1.29, 1.82) is 0 Å². The number of hydrogen-bond donors (Lipinski definition) is 2. The van der Waals surface area contributed by atoms with Gasteiger partial charge in [-0.1, -0.05) is 6.07 Å². The summed E-state index contributed by atoms with van der Waals surface area (Å²) < 4.78 is 47.8. The van der Waals surface area contributed by atoms with E-state index >= 15 is 0 Å². The third-order valence-electron chi connectivity index (χ3n) is 1.20. The van der Waals surface area contributed by atoms with E-state index in [-0.39, 0.29) is 0 Å². The van der Waals surface area contributed by atoms with Crippen molar-refractivity contribution in [2.24, 2.45) is 5.14 Å². The molecule has 0 aromatic heterocycles. The average Bonchev–Trinajstić information content (AvgIpc) is 1.96. The Kier molecular flexibility index (Phi) is 2.48. The Morgan fingerprint density at radius 2 is 1.92 bits per heavy atom. The van der Waals surface area contributed by atoms with E-state index in [0.29, 0.717) is 0 Å². The highest BCUT2D eigenvalue weighted by Gasteiger charge is 2.10. The van der Waals surface area contributed by atoms with Crippen molar-refractivity contribution in [3.05, 3.63) is 29.8 Å². The molecule has 0 saturated heterocycles. The van der Waals surface area contributed by atoms with Gasteiger partial charge in [-0.3, -0.25) is 4.72 Å². The van der Waals surface area contributed by atoms with Gasteiger partial charge in [0.05, 0.1) is 5.69 Å². The predicted octanol–water partition coefficient (Wildman–Crippen LogP) is 0.580. The molecule has 0 unspecified atom stereocenters. The van der Waals surface area contributed by atoms with Gasteiger partial charge in [0.15, 0.2) is 11.6 Å². The summed E-state index contributed by atoms with van der Waals surface area (Å²) in [5.74, 6) is -2.43. The first-order valence-corrected chi connectivity index (χ1v) is 4.69. The second-order valence-electron chi connectivity index (χ2n) is 2.25. The zero-order valence-corrected chi connectivity index (χ0v) is 7.11. The van der Waals surface area contributed by atoms with Crippen molar-refractivity contribution in [3.8, 4) is 0 Å². The molecule has 0 amide bonds. The summed E-state index contributed by atoms with van der Waals surface area (Å²) in [5, 5.41) is 4.56. The van der Waals surface area contributed by atoms with Crippen LogP contribution in [0.2, 0.25) is 0 Å². The number of halogens is 2. The molecule has 0 aliphatic rings. The Balaban J connectivity index is 3.10. The molecule has 0 saturated carbocycles. The van der Waals surface area contributed by atoms with E-state index in [4.69, 9.17) is 0 Å². The molecular weight excluding hydrogens is 202 g/mol. The zero-order valence-electron chi connectivity index (χ0n) is 6.29. The van der Waals surface area contributed by atoms with Crippen molar-refractivity contribution >= 4 is 15.9 Å². The molecule has 0 atom stereocenters. The van der Waals surface area contributed by atoms with E-state index < -0.39 is 27.5 Å². The Hall–Kier alpha value is -1.21. The third kappa shape index (κ3) is 2.63. The molecule has 0 heterocycles. The van der Waals surface area contributed by atoms with Crippen LogP contribution < -0.4 is 9.86 Å². The molecule has 1 aromatic rings. The number of nitrogens with two attached hydrogens (primary N) is 1. The second-order valence-corrected chi connectivity index (χ2v) is 3.54. The lowest BCUT2D eigenvalue weighted by Crippen LogP contribution is -2.22. The molecule has 0 aliphatic carbocycles. The maximum atomic E-state index is 12.8. The lowest BCUT2D eigenvalue weighted by atomic mass is 10.3. The van der Waals surface area contributed by atoms with Crippen LogP contribution in [0.1, 0.15) is 0 Å². The van der Waals surface area contributed by atoms with Gasteiger partial charge in [0.2, 0.25) is 0 Å². The molecule has 13 heavy (non-hydrogen) atoms. The standard InChI is InChI=1S/C6H6F2N2O2S/c7-4-2-1-3-5(6(4)8)10-13(9,11)12/h1-3,10H,(H2,9,11,12). The molecule has 0 aliphatic heterocycles. The van der Waals surface area contributed by atoms with E-state index in [1.807, 2.05) is 0 Å². The van der Waals surface area contributed by atoms with Gasteiger partial charge in [0, 0.05) is 0 Å². The SMILES string of the molecule is NS(=O)(=O)Nc1cccc(F)c1F. The smallest absolute Gasteiger partial charge is 0.268 e. The zero-order chi connectivity index (χ0) is 10.1. The normalized spacial score (nSPS) is 11.3. The molecule has 1 aromatic carbocycles. The van der Waals surface area contributed by atoms with Crippen LogP contribution in [0, 0.1) is 11.6 Å². The number of rotatable bonds is 2. The van der Waals surface area contributed by atoms with Crippen LogP contribution in [-0.4, -0.2) is 8.42 Å². The van der Waals surface area contributed by atoms with Gasteiger partial charge in [-0.25, -0.2) is 13.9 Å². The highest BCUT2D eigenvalue weighted by atomic mass is 32.2. The van der Waals surface area contributed by atoms with E-state index in [1.165, 1.54) is 0 Å². The monoisotopic (exact) mass is 208 g/mol. The van der Waals surface area contributed by atoms with E-state index in [9.17, 15) is 17.2 Å². The number of nitrogens with one attached hydrogen (secondary N) is 1. The van der Waals surface area contributed by atoms with Crippen molar-refractivity contribution in [3.63, 3.8) is 0 Å². The van der Waals surface area contributed by atoms with E-state index in [2.05, 4.69) is 5.14 Å². The summed E-state index contributed by atoms with van der Waals surface area (Å²) >= 11 is 0. The molecular formula is C6H6F2N2O2S. The van der Waals surface area contributed by atoms with Gasteiger partial charge in [0.25, 0.3) is 10.2 Å². The lowest BCUT2D eigenvalue weighted by Gasteiger charge is -2.04. The maximum Gasteiger partial charge on any atom is 0.296 e. The highest BCUT2D eigenvalue weighted by Crippen LogP contribution is 2.16. The minimum atomic E-state index is -4.07. The molecule has 3 N–H and O–H groups in total. The summed E-state index contributed by atoms with van der Waals surface area (Å²) in [6.45, 7) is 0. The van der Waals surface area contributed by atoms with Crippen LogP contribution in [0.15, 0.2) is 18.2 Å². The van der Waals surface area contributed by atoms with Gasteiger partial charge in [-0.05, 0) is 12.1 Å². The third-order valence-corrected chi connectivity index (χ3v) is 1.71. The summed E-state index contributed by atoms with van der Waals surface area (Å²) in [5.41, 5.74) is -0.512. The molecule has 0 radical (unpaired) electrons. The number of benzene rings is 1. The fourth-order valence-electron chi connectivity index (χ4n) is 0.736. The minimum absolute atomic E-state index is 0.512. The minimum Gasteiger partial charge on any atom is -0.268 e. The Morgan fingerprint density at radius 1 is 1.31 bits per heavy atom. The molecule has 0 spiro atoms. The van der Waals surface area contributed by atoms with E-state index in [1.54, 1.807) is 4.72 Å². The van der Waals surface area contributed by atoms with Crippen LogP contribution in [-0.2, 0) is 10.2 Å².